The molecule has 0 aliphatic heterocycles. The molecule has 0 unspecified atom stereocenters. The van der Waals surface area contributed by atoms with Gasteiger partial charge in [0.2, 0.25) is 0 Å². The van der Waals surface area contributed by atoms with Crippen LogP contribution in [0.2, 0.25) is 0 Å². The molecule has 1 aromatic carbocycles. The van der Waals surface area contributed by atoms with E-state index in [-0.39, 0.29) is 5.97 Å². The van der Waals surface area contributed by atoms with E-state index in [4.69, 9.17) is 4.74 Å². The summed E-state index contributed by atoms with van der Waals surface area (Å²) in [7, 11) is 1.40. The molecule has 1 heterocycles. The van der Waals surface area contributed by atoms with Crippen molar-refractivity contribution >= 4 is 59.3 Å². The van der Waals surface area contributed by atoms with Gasteiger partial charge in [-0.15, -0.1) is 11.3 Å². The number of benzene rings is 1. The SMILES string of the molecule is COC(=O)c1c(CBr)sc2c(Br)cccc12. The number of fused-ring (bicyclic) bond motifs is 1. The minimum Gasteiger partial charge on any atom is -0.465 e. The number of esters is 1. The van der Waals surface area contributed by atoms with E-state index in [2.05, 4.69) is 31.9 Å². The molecule has 0 N–H and O–H groups in total. The van der Waals surface area contributed by atoms with Gasteiger partial charge in [-0.1, -0.05) is 28.1 Å². The molecule has 0 amide bonds. The summed E-state index contributed by atoms with van der Waals surface area (Å²) in [4.78, 5) is 12.7. The monoisotopic (exact) mass is 362 g/mol. The van der Waals surface area contributed by atoms with Crippen LogP contribution in [0, 0.1) is 0 Å². The minimum atomic E-state index is -0.279. The quantitative estimate of drug-likeness (QED) is 0.585. The molecule has 0 aliphatic carbocycles. The first-order valence-corrected chi connectivity index (χ1v) is 7.26. The fraction of sp³-hybridized carbons (Fsp3) is 0.182. The first-order valence-electron chi connectivity index (χ1n) is 4.53. The summed E-state index contributed by atoms with van der Waals surface area (Å²) in [6.07, 6.45) is 0. The molecular weight excluding hydrogens is 356 g/mol. The number of alkyl halides is 1. The van der Waals surface area contributed by atoms with E-state index in [0.717, 1.165) is 19.4 Å². The number of thiophene rings is 1. The van der Waals surface area contributed by atoms with Crippen LogP contribution in [0.15, 0.2) is 22.7 Å². The highest BCUT2D eigenvalue weighted by Crippen LogP contribution is 2.37. The molecule has 5 heteroatoms. The molecule has 2 aromatic rings. The Kier molecular flexibility index (Phi) is 3.66. The van der Waals surface area contributed by atoms with Gasteiger partial charge in [0, 0.05) is 24.8 Å². The van der Waals surface area contributed by atoms with Crippen molar-refractivity contribution in [2.75, 3.05) is 7.11 Å². The van der Waals surface area contributed by atoms with Crippen molar-refractivity contribution in [3.63, 3.8) is 0 Å². The maximum Gasteiger partial charge on any atom is 0.339 e. The van der Waals surface area contributed by atoms with Crippen LogP contribution in [0.1, 0.15) is 15.2 Å². The van der Waals surface area contributed by atoms with Crippen LogP contribution in [-0.4, -0.2) is 13.1 Å². The van der Waals surface area contributed by atoms with E-state index in [1.54, 1.807) is 11.3 Å². The molecule has 0 spiro atoms. The molecule has 84 valence electrons. The van der Waals surface area contributed by atoms with E-state index in [1.807, 2.05) is 18.2 Å². The van der Waals surface area contributed by atoms with Crippen LogP contribution in [-0.2, 0) is 10.1 Å². The summed E-state index contributed by atoms with van der Waals surface area (Å²) in [5, 5.41) is 1.60. The van der Waals surface area contributed by atoms with Gasteiger partial charge in [0.05, 0.1) is 12.7 Å². The molecule has 0 radical (unpaired) electrons. The molecule has 0 bridgehead atoms. The summed E-state index contributed by atoms with van der Waals surface area (Å²) in [6.45, 7) is 0. The summed E-state index contributed by atoms with van der Waals surface area (Å²) < 4.78 is 6.90. The Morgan fingerprint density at radius 2 is 2.25 bits per heavy atom. The van der Waals surface area contributed by atoms with Gasteiger partial charge in [-0.2, -0.15) is 0 Å². The third-order valence-corrected chi connectivity index (χ3v) is 5.35. The topological polar surface area (TPSA) is 26.3 Å². The Morgan fingerprint density at radius 3 is 2.88 bits per heavy atom. The number of hydrogen-bond acceptors (Lipinski definition) is 3. The summed E-state index contributed by atoms with van der Waals surface area (Å²) in [5.41, 5.74) is 0.667. The first-order chi connectivity index (χ1) is 7.69. The Balaban J connectivity index is 2.78. The third-order valence-electron chi connectivity index (χ3n) is 2.25. The number of carbonyl (C=O) groups excluding carboxylic acids is 1. The Labute approximate surface area is 114 Å². The molecule has 0 fully saturated rings. The zero-order valence-corrected chi connectivity index (χ0v) is 12.4. The lowest BCUT2D eigenvalue weighted by atomic mass is 10.1. The lowest BCUT2D eigenvalue weighted by Crippen LogP contribution is -2.02. The molecule has 0 atom stereocenters. The van der Waals surface area contributed by atoms with Crippen LogP contribution in [0.3, 0.4) is 0 Å². The zero-order chi connectivity index (χ0) is 11.7. The number of halogens is 2. The molecule has 0 saturated carbocycles. The van der Waals surface area contributed by atoms with E-state index in [9.17, 15) is 4.79 Å². The molecular formula is C11H8Br2O2S. The van der Waals surface area contributed by atoms with Crippen LogP contribution in [0.5, 0.6) is 0 Å². The van der Waals surface area contributed by atoms with E-state index in [0.29, 0.717) is 10.9 Å². The van der Waals surface area contributed by atoms with Gasteiger partial charge in [0.25, 0.3) is 0 Å². The molecule has 2 rings (SSSR count). The summed E-state index contributed by atoms with van der Waals surface area (Å²) in [5.74, 6) is -0.279. The van der Waals surface area contributed by atoms with Crippen molar-refractivity contribution in [2.45, 2.75) is 5.33 Å². The maximum atomic E-state index is 11.7. The average molecular weight is 364 g/mol. The van der Waals surface area contributed by atoms with Crippen molar-refractivity contribution in [3.05, 3.63) is 33.1 Å². The maximum absolute atomic E-state index is 11.7. The molecule has 2 nitrogen and oxygen atoms in total. The number of rotatable bonds is 2. The molecule has 0 aliphatic rings. The number of hydrogen-bond donors (Lipinski definition) is 0. The third kappa shape index (κ3) is 1.92. The average Bonchev–Trinajstić information content (AvgIpc) is 2.68. The fourth-order valence-electron chi connectivity index (χ4n) is 1.55. The van der Waals surface area contributed by atoms with Gasteiger partial charge in [0.15, 0.2) is 0 Å². The van der Waals surface area contributed by atoms with Gasteiger partial charge in [-0.3, -0.25) is 0 Å². The summed E-state index contributed by atoms with van der Waals surface area (Å²) >= 11 is 8.48. The van der Waals surface area contributed by atoms with Crippen LogP contribution in [0.25, 0.3) is 10.1 Å². The predicted molar refractivity (Wildman–Crippen MR) is 73.5 cm³/mol. The number of carbonyl (C=O) groups is 1. The second-order valence-electron chi connectivity index (χ2n) is 3.14. The van der Waals surface area contributed by atoms with Crippen molar-refractivity contribution in [1.82, 2.24) is 0 Å². The minimum absolute atomic E-state index is 0.279. The predicted octanol–water partition coefficient (Wildman–Crippen LogP) is 4.35. The first kappa shape index (κ1) is 12.1. The van der Waals surface area contributed by atoms with Gasteiger partial charge in [0.1, 0.15) is 0 Å². The molecule has 16 heavy (non-hydrogen) atoms. The fourth-order valence-corrected chi connectivity index (χ4v) is 3.83. The Hall–Kier alpha value is -0.390. The zero-order valence-electron chi connectivity index (χ0n) is 8.42. The van der Waals surface area contributed by atoms with Gasteiger partial charge in [-0.25, -0.2) is 4.79 Å². The second-order valence-corrected chi connectivity index (χ2v) is 5.66. The van der Waals surface area contributed by atoms with Crippen molar-refractivity contribution in [1.29, 1.82) is 0 Å². The van der Waals surface area contributed by atoms with Crippen LogP contribution in [0.4, 0.5) is 0 Å². The van der Waals surface area contributed by atoms with Crippen LogP contribution < -0.4 is 0 Å². The smallest absolute Gasteiger partial charge is 0.339 e. The Morgan fingerprint density at radius 1 is 1.50 bits per heavy atom. The van der Waals surface area contributed by atoms with Gasteiger partial charge < -0.3 is 4.74 Å². The largest absolute Gasteiger partial charge is 0.465 e. The number of ether oxygens (including phenoxy) is 1. The van der Waals surface area contributed by atoms with E-state index in [1.165, 1.54) is 7.11 Å². The lowest BCUT2D eigenvalue weighted by molar-refractivity contribution is 0.0603. The highest BCUT2D eigenvalue weighted by molar-refractivity contribution is 9.10. The van der Waals surface area contributed by atoms with Crippen molar-refractivity contribution in [3.8, 4) is 0 Å². The highest BCUT2D eigenvalue weighted by Gasteiger charge is 2.19. The lowest BCUT2D eigenvalue weighted by Gasteiger charge is -1.99. The molecule has 0 saturated heterocycles. The highest BCUT2D eigenvalue weighted by atomic mass is 79.9. The summed E-state index contributed by atoms with van der Waals surface area (Å²) in [6, 6.07) is 5.83. The Bertz CT molecular complexity index is 548. The van der Waals surface area contributed by atoms with Crippen LogP contribution >= 0.6 is 43.2 Å². The molecule has 1 aromatic heterocycles. The van der Waals surface area contributed by atoms with Gasteiger partial charge >= 0.3 is 5.97 Å². The normalized spacial score (nSPS) is 10.7. The van der Waals surface area contributed by atoms with Crippen molar-refractivity contribution in [2.24, 2.45) is 0 Å². The van der Waals surface area contributed by atoms with Crippen molar-refractivity contribution < 1.29 is 9.53 Å². The van der Waals surface area contributed by atoms with E-state index < -0.39 is 0 Å². The number of methoxy groups -OCH3 is 1. The van der Waals surface area contributed by atoms with E-state index >= 15 is 0 Å². The second kappa shape index (κ2) is 4.85. The standard InChI is InChI=1S/C11H8Br2O2S/c1-15-11(14)9-6-3-2-4-7(13)10(6)16-8(9)5-12/h2-4H,5H2,1H3. The van der Waals surface area contributed by atoms with Gasteiger partial charge in [-0.05, 0) is 22.0 Å².